The number of imide groups is 1. The van der Waals surface area contributed by atoms with Gasteiger partial charge < -0.3 is 9.73 Å². The molecule has 4 rings (SSSR count). The smallest absolute Gasteiger partial charge is 0.329 e. The lowest BCUT2D eigenvalue weighted by Crippen LogP contribution is -2.30. The second-order valence-corrected chi connectivity index (χ2v) is 7.46. The molecule has 0 bridgehead atoms. The monoisotopic (exact) mass is 456 g/mol. The SMILES string of the molecule is O=C1N/C(=C/c2ccc(-c3ccc(Br)c(Cl)c3)o2)C(=O)N1Cc1ccccc1. The van der Waals surface area contributed by atoms with Crippen LogP contribution in [-0.4, -0.2) is 16.8 Å². The van der Waals surface area contributed by atoms with E-state index in [9.17, 15) is 9.59 Å². The molecule has 0 unspecified atom stereocenters. The zero-order chi connectivity index (χ0) is 19.7. The molecule has 1 aliphatic rings. The lowest BCUT2D eigenvalue weighted by molar-refractivity contribution is -0.123. The van der Waals surface area contributed by atoms with Crippen LogP contribution in [0.1, 0.15) is 11.3 Å². The summed E-state index contributed by atoms with van der Waals surface area (Å²) in [5.41, 5.74) is 1.86. The van der Waals surface area contributed by atoms with Crippen LogP contribution in [0.2, 0.25) is 5.02 Å². The van der Waals surface area contributed by atoms with Crippen LogP contribution < -0.4 is 5.32 Å². The molecule has 0 radical (unpaired) electrons. The Bertz CT molecular complexity index is 1090. The Morgan fingerprint density at radius 1 is 1.07 bits per heavy atom. The summed E-state index contributed by atoms with van der Waals surface area (Å²) in [4.78, 5) is 25.9. The third-order valence-corrected chi connectivity index (χ3v) is 5.50. The van der Waals surface area contributed by atoms with Crippen molar-refractivity contribution in [2.75, 3.05) is 0 Å². The Kier molecular flexibility index (Phi) is 5.07. The highest BCUT2D eigenvalue weighted by atomic mass is 79.9. The highest BCUT2D eigenvalue weighted by Gasteiger charge is 2.33. The molecule has 3 amide bonds. The molecular weight excluding hydrogens is 444 g/mol. The fraction of sp³-hybridized carbons (Fsp3) is 0.0476. The summed E-state index contributed by atoms with van der Waals surface area (Å²) >= 11 is 9.48. The molecule has 5 nitrogen and oxygen atoms in total. The van der Waals surface area contributed by atoms with E-state index in [-0.39, 0.29) is 12.2 Å². The quantitative estimate of drug-likeness (QED) is 0.418. The molecule has 1 aliphatic heterocycles. The van der Waals surface area contributed by atoms with Crippen LogP contribution in [0.4, 0.5) is 4.79 Å². The maximum absolute atomic E-state index is 12.6. The molecule has 0 saturated carbocycles. The van der Waals surface area contributed by atoms with E-state index in [0.29, 0.717) is 16.5 Å². The van der Waals surface area contributed by atoms with Gasteiger partial charge in [0.2, 0.25) is 0 Å². The molecule has 1 fully saturated rings. The van der Waals surface area contributed by atoms with Crippen LogP contribution in [-0.2, 0) is 11.3 Å². The summed E-state index contributed by atoms with van der Waals surface area (Å²) in [5.74, 6) is 0.678. The van der Waals surface area contributed by atoms with E-state index in [0.717, 1.165) is 15.6 Å². The van der Waals surface area contributed by atoms with Crippen LogP contribution in [0.15, 0.2) is 75.3 Å². The van der Waals surface area contributed by atoms with Crippen molar-refractivity contribution in [3.05, 3.63) is 87.2 Å². The molecule has 2 aromatic carbocycles. The predicted octanol–water partition coefficient (Wildman–Crippen LogP) is 5.46. The number of nitrogens with zero attached hydrogens (tertiary/aromatic N) is 1. The van der Waals surface area contributed by atoms with Gasteiger partial charge >= 0.3 is 6.03 Å². The molecule has 0 spiro atoms. The van der Waals surface area contributed by atoms with Crippen LogP contribution >= 0.6 is 27.5 Å². The molecule has 0 atom stereocenters. The number of carbonyl (C=O) groups excluding carboxylic acids is 2. The average Bonchev–Trinajstić information content (AvgIpc) is 3.25. The second-order valence-electron chi connectivity index (χ2n) is 6.20. The minimum Gasteiger partial charge on any atom is -0.457 e. The fourth-order valence-corrected chi connectivity index (χ4v) is 3.29. The maximum atomic E-state index is 12.6. The Balaban J connectivity index is 1.55. The van der Waals surface area contributed by atoms with Gasteiger partial charge in [0, 0.05) is 16.1 Å². The lowest BCUT2D eigenvalue weighted by Gasteiger charge is -2.11. The number of hydrogen-bond acceptors (Lipinski definition) is 3. The third-order valence-electron chi connectivity index (χ3n) is 4.26. The van der Waals surface area contributed by atoms with Gasteiger partial charge in [-0.15, -0.1) is 0 Å². The molecule has 1 aromatic heterocycles. The molecule has 2 heterocycles. The molecule has 140 valence electrons. The molecule has 3 aromatic rings. The van der Waals surface area contributed by atoms with E-state index in [2.05, 4.69) is 21.2 Å². The number of nitrogens with one attached hydrogen (secondary N) is 1. The number of amides is 3. The number of halogens is 2. The number of urea groups is 1. The summed E-state index contributed by atoms with van der Waals surface area (Å²) < 4.78 is 6.59. The van der Waals surface area contributed by atoms with Crippen molar-refractivity contribution >= 4 is 45.5 Å². The highest BCUT2D eigenvalue weighted by molar-refractivity contribution is 9.10. The van der Waals surface area contributed by atoms with Crippen LogP contribution in [0, 0.1) is 0 Å². The van der Waals surface area contributed by atoms with Crippen molar-refractivity contribution in [3.63, 3.8) is 0 Å². The normalized spacial score (nSPS) is 15.4. The first-order valence-electron chi connectivity index (χ1n) is 8.45. The Morgan fingerprint density at radius 3 is 2.61 bits per heavy atom. The van der Waals surface area contributed by atoms with Gasteiger partial charge in [-0.3, -0.25) is 9.69 Å². The Labute approximate surface area is 174 Å². The second kappa shape index (κ2) is 7.66. The molecule has 0 aliphatic carbocycles. The van der Waals surface area contributed by atoms with Gasteiger partial charge in [-0.2, -0.15) is 0 Å². The maximum Gasteiger partial charge on any atom is 0.329 e. The number of benzene rings is 2. The molecule has 7 heteroatoms. The van der Waals surface area contributed by atoms with E-state index in [4.69, 9.17) is 16.0 Å². The van der Waals surface area contributed by atoms with E-state index in [1.165, 1.54) is 11.0 Å². The van der Waals surface area contributed by atoms with Crippen molar-refractivity contribution in [2.45, 2.75) is 6.54 Å². The van der Waals surface area contributed by atoms with Crippen LogP contribution in [0.5, 0.6) is 0 Å². The van der Waals surface area contributed by atoms with Crippen molar-refractivity contribution in [1.82, 2.24) is 10.2 Å². The van der Waals surface area contributed by atoms with Crippen molar-refractivity contribution in [2.24, 2.45) is 0 Å². The summed E-state index contributed by atoms with van der Waals surface area (Å²) in [6, 6.07) is 17.9. The van der Waals surface area contributed by atoms with Gasteiger partial charge in [0.1, 0.15) is 17.2 Å². The standard InChI is InChI=1S/C21H14BrClN2O3/c22-16-8-6-14(10-17(16)23)19-9-7-15(28-19)11-18-20(26)25(21(27)24-18)12-13-4-2-1-3-5-13/h1-11H,12H2,(H,24,27)/b18-11+. The molecular formula is C21H14BrClN2O3. The number of carbonyl (C=O) groups is 2. The Morgan fingerprint density at radius 2 is 1.86 bits per heavy atom. The van der Waals surface area contributed by atoms with Crippen molar-refractivity contribution in [1.29, 1.82) is 0 Å². The number of hydrogen-bond donors (Lipinski definition) is 1. The lowest BCUT2D eigenvalue weighted by atomic mass is 10.2. The van der Waals surface area contributed by atoms with Gasteiger partial charge in [-0.1, -0.05) is 48.0 Å². The third kappa shape index (κ3) is 3.74. The van der Waals surface area contributed by atoms with E-state index in [1.54, 1.807) is 18.2 Å². The topological polar surface area (TPSA) is 62.6 Å². The van der Waals surface area contributed by atoms with Gasteiger partial charge in [0.05, 0.1) is 11.6 Å². The summed E-state index contributed by atoms with van der Waals surface area (Å²) in [6.45, 7) is 0.212. The first kappa shape index (κ1) is 18.5. The van der Waals surface area contributed by atoms with Crippen molar-refractivity contribution < 1.29 is 14.0 Å². The zero-order valence-electron chi connectivity index (χ0n) is 14.5. The van der Waals surface area contributed by atoms with Crippen molar-refractivity contribution in [3.8, 4) is 11.3 Å². The molecule has 1 saturated heterocycles. The minimum atomic E-state index is -0.452. The summed E-state index contributed by atoms with van der Waals surface area (Å²) in [6.07, 6.45) is 1.52. The predicted molar refractivity (Wildman–Crippen MR) is 110 cm³/mol. The highest BCUT2D eigenvalue weighted by Crippen LogP contribution is 2.30. The number of rotatable bonds is 4. The van der Waals surface area contributed by atoms with E-state index in [1.807, 2.05) is 42.5 Å². The summed E-state index contributed by atoms with van der Waals surface area (Å²) in [7, 11) is 0. The molecule has 28 heavy (non-hydrogen) atoms. The first-order valence-corrected chi connectivity index (χ1v) is 9.62. The van der Waals surface area contributed by atoms with Gasteiger partial charge in [0.15, 0.2) is 0 Å². The minimum absolute atomic E-state index is 0.177. The zero-order valence-corrected chi connectivity index (χ0v) is 16.8. The van der Waals surface area contributed by atoms with E-state index < -0.39 is 11.9 Å². The van der Waals surface area contributed by atoms with Gasteiger partial charge in [-0.25, -0.2) is 4.79 Å². The van der Waals surface area contributed by atoms with Gasteiger partial charge in [-0.05, 0) is 45.8 Å². The fourth-order valence-electron chi connectivity index (χ4n) is 2.86. The van der Waals surface area contributed by atoms with E-state index >= 15 is 0 Å². The largest absolute Gasteiger partial charge is 0.457 e. The van der Waals surface area contributed by atoms with Gasteiger partial charge in [0.25, 0.3) is 5.91 Å². The van der Waals surface area contributed by atoms with Crippen LogP contribution in [0.3, 0.4) is 0 Å². The first-order chi connectivity index (χ1) is 13.5. The average molecular weight is 458 g/mol. The Hall–Kier alpha value is -2.83. The molecule has 1 N–H and O–H groups in total. The van der Waals surface area contributed by atoms with Crippen LogP contribution in [0.25, 0.3) is 17.4 Å². The number of furan rings is 1. The summed E-state index contributed by atoms with van der Waals surface area (Å²) in [5, 5.41) is 3.17.